The van der Waals surface area contributed by atoms with Gasteiger partial charge in [-0.15, -0.1) is 10.2 Å². The number of nitrogens with zero attached hydrogens (tertiary/aromatic N) is 2. The van der Waals surface area contributed by atoms with Gasteiger partial charge in [-0.1, -0.05) is 25.2 Å². The van der Waals surface area contributed by atoms with Gasteiger partial charge >= 0.3 is 0 Å². The van der Waals surface area contributed by atoms with Crippen LogP contribution in [0.1, 0.15) is 37.4 Å². The summed E-state index contributed by atoms with van der Waals surface area (Å²) in [5, 5.41) is 32.5. The van der Waals surface area contributed by atoms with Crippen molar-refractivity contribution in [1.82, 2.24) is 10.2 Å². The van der Waals surface area contributed by atoms with Crippen molar-refractivity contribution in [2.45, 2.75) is 33.2 Å². The molecular weight excluding hydrogens is 274 g/mol. The molecule has 1 heterocycles. The van der Waals surface area contributed by atoms with E-state index in [1.807, 2.05) is 6.92 Å². The largest absolute Gasteiger partial charge is 0.508 e. The van der Waals surface area contributed by atoms with Crippen LogP contribution in [0.15, 0.2) is 18.2 Å². The number of nitrogens with one attached hydrogen (secondary N) is 1. The monoisotopic (exact) mass is 293 g/mol. The Balaban J connectivity index is 2.09. The SMILES string of the molecule is CC(C)Cc1nnc(NC(C)c2cc(O)ccc2O)s1. The maximum atomic E-state index is 9.82. The van der Waals surface area contributed by atoms with Crippen molar-refractivity contribution < 1.29 is 10.2 Å². The number of hydrogen-bond acceptors (Lipinski definition) is 6. The van der Waals surface area contributed by atoms with Crippen LogP contribution in [-0.4, -0.2) is 20.4 Å². The smallest absolute Gasteiger partial charge is 0.206 e. The van der Waals surface area contributed by atoms with Crippen LogP contribution in [0.4, 0.5) is 5.13 Å². The van der Waals surface area contributed by atoms with Crippen molar-refractivity contribution in [3.63, 3.8) is 0 Å². The number of aromatic nitrogens is 2. The second-order valence-electron chi connectivity index (χ2n) is 5.21. The molecule has 0 saturated heterocycles. The summed E-state index contributed by atoms with van der Waals surface area (Å²) in [5.41, 5.74) is 0.630. The highest BCUT2D eigenvalue weighted by Gasteiger charge is 2.14. The zero-order valence-electron chi connectivity index (χ0n) is 11.8. The quantitative estimate of drug-likeness (QED) is 0.737. The lowest BCUT2D eigenvalue weighted by molar-refractivity contribution is 0.451. The van der Waals surface area contributed by atoms with Gasteiger partial charge in [-0.05, 0) is 31.0 Å². The minimum absolute atomic E-state index is 0.129. The molecule has 0 aliphatic heterocycles. The molecule has 1 unspecified atom stereocenters. The first-order chi connectivity index (χ1) is 9.45. The van der Waals surface area contributed by atoms with Gasteiger partial charge in [-0.3, -0.25) is 0 Å². The molecule has 0 aliphatic rings. The van der Waals surface area contributed by atoms with Crippen LogP contribution in [0.3, 0.4) is 0 Å². The summed E-state index contributed by atoms with van der Waals surface area (Å²) in [6.07, 6.45) is 0.908. The standard InChI is InChI=1S/C14H19N3O2S/c1-8(2)6-13-16-17-14(20-13)15-9(3)11-7-10(18)4-5-12(11)19/h4-5,7-9,18-19H,6H2,1-3H3,(H,15,17). The summed E-state index contributed by atoms with van der Waals surface area (Å²) in [6, 6.07) is 4.31. The van der Waals surface area contributed by atoms with Crippen LogP contribution >= 0.6 is 11.3 Å². The molecule has 0 saturated carbocycles. The van der Waals surface area contributed by atoms with E-state index in [1.54, 1.807) is 6.07 Å². The Morgan fingerprint density at radius 3 is 2.65 bits per heavy atom. The molecule has 2 aromatic rings. The van der Waals surface area contributed by atoms with Crippen molar-refractivity contribution in [3.05, 3.63) is 28.8 Å². The van der Waals surface area contributed by atoms with Crippen LogP contribution in [0, 0.1) is 5.92 Å². The molecule has 5 nitrogen and oxygen atoms in total. The second-order valence-corrected chi connectivity index (χ2v) is 6.27. The molecule has 3 N–H and O–H groups in total. The Hall–Kier alpha value is -1.82. The molecule has 2 rings (SSSR count). The van der Waals surface area contributed by atoms with Crippen LogP contribution in [0.5, 0.6) is 11.5 Å². The van der Waals surface area contributed by atoms with Crippen LogP contribution in [0.25, 0.3) is 0 Å². The van der Waals surface area contributed by atoms with Gasteiger partial charge in [0.15, 0.2) is 0 Å². The van der Waals surface area contributed by atoms with Crippen LogP contribution in [0.2, 0.25) is 0 Å². The fraction of sp³-hybridized carbons (Fsp3) is 0.429. The van der Waals surface area contributed by atoms with E-state index in [4.69, 9.17) is 0 Å². The predicted molar refractivity (Wildman–Crippen MR) is 80.3 cm³/mol. The van der Waals surface area contributed by atoms with Crippen molar-refractivity contribution in [3.8, 4) is 11.5 Å². The van der Waals surface area contributed by atoms with E-state index in [2.05, 4.69) is 29.4 Å². The molecule has 1 atom stereocenters. The Morgan fingerprint density at radius 1 is 1.20 bits per heavy atom. The highest BCUT2D eigenvalue weighted by molar-refractivity contribution is 7.15. The third-order valence-corrected chi connectivity index (χ3v) is 3.74. The van der Waals surface area contributed by atoms with Gasteiger partial charge in [0.2, 0.25) is 5.13 Å². The summed E-state index contributed by atoms with van der Waals surface area (Å²) < 4.78 is 0. The zero-order valence-corrected chi connectivity index (χ0v) is 12.6. The summed E-state index contributed by atoms with van der Waals surface area (Å²) in [6.45, 7) is 6.18. The highest BCUT2D eigenvalue weighted by Crippen LogP contribution is 2.31. The van der Waals surface area contributed by atoms with Gasteiger partial charge < -0.3 is 15.5 Å². The Kier molecular flexibility index (Phi) is 4.44. The number of rotatable bonds is 5. The molecule has 1 aromatic carbocycles. The summed E-state index contributed by atoms with van der Waals surface area (Å²) in [7, 11) is 0. The lowest BCUT2D eigenvalue weighted by atomic mass is 10.1. The number of benzene rings is 1. The molecular formula is C14H19N3O2S. The zero-order chi connectivity index (χ0) is 14.7. The van der Waals surface area contributed by atoms with E-state index < -0.39 is 0 Å². The Morgan fingerprint density at radius 2 is 1.95 bits per heavy atom. The second kappa shape index (κ2) is 6.09. The van der Waals surface area contributed by atoms with Gasteiger partial charge in [0.1, 0.15) is 16.5 Å². The van der Waals surface area contributed by atoms with E-state index in [9.17, 15) is 10.2 Å². The van der Waals surface area contributed by atoms with E-state index in [-0.39, 0.29) is 17.5 Å². The van der Waals surface area contributed by atoms with Crippen molar-refractivity contribution in [1.29, 1.82) is 0 Å². The summed E-state index contributed by atoms with van der Waals surface area (Å²) in [5.74, 6) is 0.822. The first-order valence-corrected chi connectivity index (χ1v) is 7.38. The number of anilines is 1. The van der Waals surface area contributed by atoms with Gasteiger partial charge in [-0.2, -0.15) is 0 Å². The number of aromatic hydroxyl groups is 2. The van der Waals surface area contributed by atoms with Gasteiger partial charge in [0.25, 0.3) is 0 Å². The Labute approximate surface area is 122 Å². The topological polar surface area (TPSA) is 78.3 Å². The summed E-state index contributed by atoms with van der Waals surface area (Å²) >= 11 is 1.52. The normalized spacial score (nSPS) is 12.6. The van der Waals surface area contributed by atoms with E-state index >= 15 is 0 Å². The first-order valence-electron chi connectivity index (χ1n) is 6.56. The van der Waals surface area contributed by atoms with E-state index in [0.717, 1.165) is 16.6 Å². The number of phenolic OH excluding ortho intramolecular Hbond substituents is 2. The average molecular weight is 293 g/mol. The molecule has 0 aliphatic carbocycles. The van der Waals surface area contributed by atoms with Crippen molar-refractivity contribution in [2.24, 2.45) is 5.92 Å². The van der Waals surface area contributed by atoms with Crippen molar-refractivity contribution in [2.75, 3.05) is 5.32 Å². The van der Waals surface area contributed by atoms with Gasteiger partial charge in [-0.25, -0.2) is 0 Å². The lowest BCUT2D eigenvalue weighted by Gasteiger charge is -2.14. The molecule has 0 amide bonds. The predicted octanol–water partition coefficient (Wildman–Crippen LogP) is 3.32. The summed E-state index contributed by atoms with van der Waals surface area (Å²) in [4.78, 5) is 0. The molecule has 1 aromatic heterocycles. The fourth-order valence-corrected chi connectivity index (χ4v) is 2.93. The van der Waals surface area contributed by atoms with E-state index in [1.165, 1.54) is 23.5 Å². The number of phenols is 2. The van der Waals surface area contributed by atoms with Crippen LogP contribution in [-0.2, 0) is 6.42 Å². The number of hydrogen-bond donors (Lipinski definition) is 3. The molecule has 0 radical (unpaired) electrons. The fourth-order valence-electron chi connectivity index (χ4n) is 1.90. The Bertz CT molecular complexity index is 584. The maximum Gasteiger partial charge on any atom is 0.206 e. The third-order valence-electron chi connectivity index (χ3n) is 2.87. The van der Waals surface area contributed by atoms with Gasteiger partial charge in [0, 0.05) is 12.0 Å². The first kappa shape index (κ1) is 14.6. The molecule has 0 spiro atoms. The third kappa shape index (κ3) is 3.60. The minimum Gasteiger partial charge on any atom is -0.508 e. The van der Waals surface area contributed by atoms with Crippen molar-refractivity contribution >= 4 is 16.5 Å². The average Bonchev–Trinajstić information content (AvgIpc) is 2.78. The molecule has 108 valence electrons. The molecule has 0 bridgehead atoms. The molecule has 0 fully saturated rings. The molecule has 20 heavy (non-hydrogen) atoms. The maximum absolute atomic E-state index is 9.82. The van der Waals surface area contributed by atoms with Crippen LogP contribution < -0.4 is 5.32 Å². The van der Waals surface area contributed by atoms with Gasteiger partial charge in [0.05, 0.1) is 6.04 Å². The molecule has 6 heteroatoms. The minimum atomic E-state index is -0.165. The highest BCUT2D eigenvalue weighted by atomic mass is 32.1. The van der Waals surface area contributed by atoms with E-state index in [0.29, 0.717) is 11.5 Å². The lowest BCUT2D eigenvalue weighted by Crippen LogP contribution is -2.06.